The molecule has 0 bridgehead atoms. The minimum atomic E-state index is 0.853. The molecule has 1 heterocycles. The highest BCUT2D eigenvalue weighted by atomic mass is 15.1. The molecule has 0 atom stereocenters. The van der Waals surface area contributed by atoms with Gasteiger partial charge in [-0.3, -0.25) is 0 Å². The molecule has 126 valence electrons. The van der Waals surface area contributed by atoms with E-state index in [0.717, 1.165) is 17.8 Å². The smallest absolute Gasteiger partial charge is 0.0401 e. The number of hydrogen-bond donors (Lipinski definition) is 0. The summed E-state index contributed by atoms with van der Waals surface area (Å²) >= 11 is 0. The van der Waals surface area contributed by atoms with Crippen molar-refractivity contribution < 1.29 is 0 Å². The van der Waals surface area contributed by atoms with E-state index in [1.54, 1.807) is 11.3 Å². The summed E-state index contributed by atoms with van der Waals surface area (Å²) in [4.78, 5) is 2.70. The van der Waals surface area contributed by atoms with Crippen LogP contribution in [0.2, 0.25) is 0 Å². The Bertz CT molecular complexity index is 490. The van der Waals surface area contributed by atoms with Crippen LogP contribution in [0.15, 0.2) is 24.3 Å². The fraction of sp³-hybridized carbons (Fsp3) is 0.727. The normalized spacial score (nSPS) is 24.6. The van der Waals surface area contributed by atoms with E-state index < -0.39 is 0 Å². The Labute approximate surface area is 142 Å². The van der Waals surface area contributed by atoms with E-state index in [-0.39, 0.29) is 0 Å². The van der Waals surface area contributed by atoms with Gasteiger partial charge in [0.15, 0.2) is 0 Å². The number of rotatable bonds is 4. The lowest BCUT2D eigenvalue weighted by atomic mass is 9.78. The molecular formula is C22H33N. The minimum absolute atomic E-state index is 0.853. The predicted molar refractivity (Wildman–Crippen MR) is 99.2 cm³/mol. The number of para-hydroxylation sites is 1. The average molecular weight is 312 g/mol. The third-order valence-electron chi connectivity index (χ3n) is 6.83. The summed E-state index contributed by atoms with van der Waals surface area (Å²) in [7, 11) is 0. The van der Waals surface area contributed by atoms with Crippen LogP contribution in [0.1, 0.15) is 82.1 Å². The molecule has 1 aromatic carbocycles. The van der Waals surface area contributed by atoms with Gasteiger partial charge < -0.3 is 4.90 Å². The van der Waals surface area contributed by atoms with Crippen LogP contribution >= 0.6 is 0 Å². The Kier molecular flexibility index (Phi) is 4.92. The Balaban J connectivity index is 1.34. The highest BCUT2D eigenvalue weighted by Gasteiger charge is 2.27. The van der Waals surface area contributed by atoms with Crippen LogP contribution in [0.4, 0.5) is 5.69 Å². The maximum atomic E-state index is 2.70. The number of hydrogen-bond acceptors (Lipinski definition) is 1. The van der Waals surface area contributed by atoms with Crippen molar-refractivity contribution in [3.63, 3.8) is 0 Å². The van der Waals surface area contributed by atoms with Gasteiger partial charge in [-0.25, -0.2) is 0 Å². The lowest BCUT2D eigenvalue weighted by Crippen LogP contribution is -2.35. The van der Waals surface area contributed by atoms with Crippen molar-refractivity contribution in [1.29, 1.82) is 0 Å². The van der Waals surface area contributed by atoms with Gasteiger partial charge in [-0.2, -0.15) is 0 Å². The molecule has 23 heavy (non-hydrogen) atoms. The van der Waals surface area contributed by atoms with Crippen LogP contribution in [-0.4, -0.2) is 13.1 Å². The van der Waals surface area contributed by atoms with E-state index in [2.05, 4.69) is 29.2 Å². The van der Waals surface area contributed by atoms with Crippen LogP contribution in [0, 0.1) is 11.8 Å². The maximum Gasteiger partial charge on any atom is 0.0401 e. The molecule has 0 radical (unpaired) electrons. The van der Waals surface area contributed by atoms with Crippen LogP contribution in [0.3, 0.4) is 0 Å². The highest BCUT2D eigenvalue weighted by molar-refractivity contribution is 5.56. The highest BCUT2D eigenvalue weighted by Crippen LogP contribution is 2.42. The summed E-state index contributed by atoms with van der Waals surface area (Å²) in [6, 6.07) is 9.26. The molecule has 1 aromatic rings. The molecule has 0 aromatic heterocycles. The lowest BCUT2D eigenvalue weighted by Gasteiger charge is -2.38. The summed E-state index contributed by atoms with van der Waals surface area (Å²) in [5.74, 6) is 2.92. The molecule has 0 spiro atoms. The summed E-state index contributed by atoms with van der Waals surface area (Å²) in [5.41, 5.74) is 3.21. The van der Waals surface area contributed by atoms with Gasteiger partial charge in [-0.1, -0.05) is 56.7 Å². The van der Waals surface area contributed by atoms with Gasteiger partial charge in [0.2, 0.25) is 0 Å². The van der Waals surface area contributed by atoms with Crippen molar-refractivity contribution in [3.8, 4) is 0 Å². The zero-order valence-corrected chi connectivity index (χ0v) is 14.7. The fourth-order valence-electron chi connectivity index (χ4n) is 5.14. The third kappa shape index (κ3) is 3.59. The zero-order valence-electron chi connectivity index (χ0n) is 14.7. The number of benzene rings is 1. The van der Waals surface area contributed by atoms with Crippen LogP contribution in [-0.2, 0) is 0 Å². The van der Waals surface area contributed by atoms with Crippen LogP contribution < -0.4 is 4.90 Å². The van der Waals surface area contributed by atoms with Gasteiger partial charge >= 0.3 is 0 Å². The second-order valence-electron chi connectivity index (χ2n) is 8.36. The quantitative estimate of drug-likeness (QED) is 0.645. The number of nitrogens with zero attached hydrogens (tertiary/aromatic N) is 1. The van der Waals surface area contributed by atoms with Crippen molar-refractivity contribution in [2.45, 2.75) is 76.5 Å². The molecule has 0 unspecified atom stereocenters. The predicted octanol–water partition coefficient (Wildman–Crippen LogP) is 6.14. The largest absolute Gasteiger partial charge is 0.371 e. The zero-order chi connectivity index (χ0) is 15.5. The topological polar surface area (TPSA) is 3.24 Å². The molecule has 3 fully saturated rings. The van der Waals surface area contributed by atoms with Gasteiger partial charge in [0.1, 0.15) is 0 Å². The van der Waals surface area contributed by atoms with Crippen LogP contribution in [0.5, 0.6) is 0 Å². The summed E-state index contributed by atoms with van der Waals surface area (Å²) < 4.78 is 0. The van der Waals surface area contributed by atoms with E-state index in [4.69, 9.17) is 0 Å². The Morgan fingerprint density at radius 1 is 0.739 bits per heavy atom. The van der Waals surface area contributed by atoms with Crippen molar-refractivity contribution >= 4 is 5.69 Å². The summed E-state index contributed by atoms with van der Waals surface area (Å²) in [5, 5.41) is 0. The molecule has 4 rings (SSSR count). The monoisotopic (exact) mass is 311 g/mol. The van der Waals surface area contributed by atoms with Gasteiger partial charge in [0, 0.05) is 18.8 Å². The van der Waals surface area contributed by atoms with E-state index >= 15 is 0 Å². The molecule has 1 nitrogen and oxygen atoms in total. The first-order valence-corrected chi connectivity index (χ1v) is 10.2. The van der Waals surface area contributed by atoms with E-state index in [0.29, 0.717) is 0 Å². The molecule has 0 N–H and O–H groups in total. The fourth-order valence-corrected chi connectivity index (χ4v) is 5.14. The molecule has 2 saturated carbocycles. The Morgan fingerprint density at radius 3 is 2.13 bits per heavy atom. The van der Waals surface area contributed by atoms with Gasteiger partial charge in [0.25, 0.3) is 0 Å². The Hall–Kier alpha value is -0.980. The molecule has 1 aliphatic heterocycles. The summed E-state index contributed by atoms with van der Waals surface area (Å²) in [6.45, 7) is 2.59. The molecule has 1 heteroatoms. The SMILES string of the molecule is c1ccc(N2CCC(CC3CCCCC3)CC2)c(C2CCC2)c1. The third-order valence-corrected chi connectivity index (χ3v) is 6.83. The number of anilines is 1. The van der Waals surface area contributed by atoms with Crippen molar-refractivity contribution in [2.75, 3.05) is 18.0 Å². The lowest BCUT2D eigenvalue weighted by molar-refractivity contribution is 0.260. The first-order valence-electron chi connectivity index (χ1n) is 10.2. The Morgan fingerprint density at radius 2 is 1.43 bits per heavy atom. The number of piperidine rings is 1. The molecule has 2 aliphatic carbocycles. The van der Waals surface area contributed by atoms with Gasteiger partial charge in [-0.05, 0) is 61.5 Å². The van der Waals surface area contributed by atoms with E-state index in [1.807, 2.05) is 0 Å². The van der Waals surface area contributed by atoms with E-state index in [1.165, 1.54) is 83.7 Å². The average Bonchev–Trinajstić information content (AvgIpc) is 2.56. The standard InChI is InChI=1S/C22H33N/c1-2-7-18(8-3-1)17-19-13-15-23(16-14-19)22-12-5-4-11-21(22)20-9-6-10-20/h4-5,11-12,18-20H,1-3,6-10,13-17H2. The molecule has 3 aliphatic rings. The van der Waals surface area contributed by atoms with E-state index in [9.17, 15) is 0 Å². The van der Waals surface area contributed by atoms with Crippen molar-refractivity contribution in [3.05, 3.63) is 29.8 Å². The molecular weight excluding hydrogens is 278 g/mol. The van der Waals surface area contributed by atoms with Crippen molar-refractivity contribution in [2.24, 2.45) is 11.8 Å². The second-order valence-corrected chi connectivity index (χ2v) is 8.36. The maximum absolute atomic E-state index is 2.70. The summed E-state index contributed by atoms with van der Waals surface area (Å²) in [6.07, 6.45) is 16.2. The minimum Gasteiger partial charge on any atom is -0.371 e. The second kappa shape index (κ2) is 7.28. The molecule has 1 saturated heterocycles. The van der Waals surface area contributed by atoms with Gasteiger partial charge in [-0.15, -0.1) is 0 Å². The first-order chi connectivity index (χ1) is 11.4. The van der Waals surface area contributed by atoms with Crippen molar-refractivity contribution in [1.82, 2.24) is 0 Å². The first kappa shape index (κ1) is 15.5. The molecule has 0 amide bonds. The van der Waals surface area contributed by atoms with Gasteiger partial charge in [0.05, 0.1) is 0 Å². The van der Waals surface area contributed by atoms with Crippen LogP contribution in [0.25, 0.3) is 0 Å².